The molecule has 0 amide bonds. The maximum Gasteiger partial charge on any atom is 0.190 e. The summed E-state index contributed by atoms with van der Waals surface area (Å²) in [4.78, 5) is 15.8. The molecule has 1 N–H and O–H groups in total. The molecule has 1 aromatic heterocycles. The third-order valence-electron chi connectivity index (χ3n) is 3.93. The molecular formula is C15H16BrNO2. The molecule has 0 aliphatic heterocycles. The van der Waals surface area contributed by atoms with Gasteiger partial charge < -0.3 is 9.72 Å². The van der Waals surface area contributed by atoms with E-state index >= 15 is 0 Å². The van der Waals surface area contributed by atoms with E-state index in [1.807, 2.05) is 12.1 Å². The minimum atomic E-state index is 0.0569. The van der Waals surface area contributed by atoms with Crippen LogP contribution in [0.2, 0.25) is 0 Å². The minimum absolute atomic E-state index is 0.0569. The van der Waals surface area contributed by atoms with E-state index in [4.69, 9.17) is 4.74 Å². The molecule has 19 heavy (non-hydrogen) atoms. The molecule has 0 radical (unpaired) electrons. The van der Waals surface area contributed by atoms with Crippen molar-refractivity contribution in [3.8, 4) is 5.75 Å². The van der Waals surface area contributed by atoms with Crippen molar-refractivity contribution in [2.45, 2.75) is 31.6 Å². The fraction of sp³-hybridized carbons (Fsp3) is 0.400. The van der Waals surface area contributed by atoms with Crippen LogP contribution in [0.3, 0.4) is 0 Å². The molecule has 1 aliphatic carbocycles. The summed E-state index contributed by atoms with van der Waals surface area (Å²) in [6.45, 7) is 0. The normalized spacial score (nSPS) is 16.1. The molecule has 0 atom stereocenters. The van der Waals surface area contributed by atoms with Gasteiger partial charge in [0.15, 0.2) is 5.43 Å². The van der Waals surface area contributed by atoms with Crippen LogP contribution in [-0.2, 0) is 0 Å². The molecule has 3 nitrogen and oxygen atoms in total. The summed E-state index contributed by atoms with van der Waals surface area (Å²) in [6, 6.07) is 5.48. The highest BCUT2D eigenvalue weighted by molar-refractivity contribution is 9.10. The summed E-state index contributed by atoms with van der Waals surface area (Å²) in [5.41, 5.74) is 1.90. The van der Waals surface area contributed by atoms with Gasteiger partial charge in [0.2, 0.25) is 0 Å². The molecule has 3 rings (SSSR count). The second-order valence-corrected chi connectivity index (χ2v) is 5.92. The Morgan fingerprint density at radius 3 is 2.74 bits per heavy atom. The van der Waals surface area contributed by atoms with Crippen molar-refractivity contribution >= 4 is 26.8 Å². The van der Waals surface area contributed by atoms with E-state index in [9.17, 15) is 4.79 Å². The van der Waals surface area contributed by atoms with Gasteiger partial charge in [-0.1, -0.05) is 12.8 Å². The summed E-state index contributed by atoms with van der Waals surface area (Å²) in [5.74, 6) is 1.20. The zero-order valence-electron chi connectivity index (χ0n) is 10.8. The van der Waals surface area contributed by atoms with Gasteiger partial charge in [0.25, 0.3) is 0 Å². The van der Waals surface area contributed by atoms with Crippen LogP contribution in [-0.4, -0.2) is 12.1 Å². The second-order valence-electron chi connectivity index (χ2n) is 5.07. The summed E-state index contributed by atoms with van der Waals surface area (Å²) in [7, 11) is 1.63. The minimum Gasteiger partial charge on any atom is -0.495 e. The first-order valence-corrected chi connectivity index (χ1v) is 7.39. The fourth-order valence-corrected chi connectivity index (χ4v) is 3.47. The molecule has 1 aliphatic rings. The third-order valence-corrected chi connectivity index (χ3v) is 4.59. The number of aromatic nitrogens is 1. The summed E-state index contributed by atoms with van der Waals surface area (Å²) < 4.78 is 6.17. The van der Waals surface area contributed by atoms with Crippen molar-refractivity contribution in [2.75, 3.05) is 7.11 Å². The molecule has 0 spiro atoms. The molecule has 1 fully saturated rings. The van der Waals surface area contributed by atoms with Crippen molar-refractivity contribution in [1.82, 2.24) is 4.98 Å². The van der Waals surface area contributed by atoms with Gasteiger partial charge in [-0.2, -0.15) is 0 Å². The topological polar surface area (TPSA) is 42.1 Å². The number of hydrogen-bond donors (Lipinski definition) is 1. The van der Waals surface area contributed by atoms with Crippen LogP contribution in [0.25, 0.3) is 10.9 Å². The van der Waals surface area contributed by atoms with Crippen LogP contribution < -0.4 is 10.2 Å². The number of hydrogen-bond acceptors (Lipinski definition) is 2. The number of methoxy groups -OCH3 is 1. The lowest BCUT2D eigenvalue weighted by atomic mass is 10.0. The van der Waals surface area contributed by atoms with Crippen LogP contribution in [0, 0.1) is 0 Å². The van der Waals surface area contributed by atoms with Crippen molar-refractivity contribution in [3.63, 3.8) is 0 Å². The van der Waals surface area contributed by atoms with Crippen LogP contribution in [0.4, 0.5) is 0 Å². The lowest BCUT2D eigenvalue weighted by Crippen LogP contribution is -2.09. The average molecular weight is 322 g/mol. The number of rotatable bonds is 2. The molecule has 100 valence electrons. The Labute approximate surface area is 120 Å². The molecule has 1 saturated carbocycles. The Hall–Kier alpha value is -1.29. The van der Waals surface area contributed by atoms with Gasteiger partial charge in [-0.15, -0.1) is 0 Å². The molecular weight excluding hydrogens is 306 g/mol. The Bertz CT molecular complexity index is 672. The Kier molecular flexibility index (Phi) is 3.35. The number of fused-ring (bicyclic) bond motifs is 1. The Morgan fingerprint density at radius 1 is 1.32 bits per heavy atom. The maximum absolute atomic E-state index is 12.3. The van der Waals surface area contributed by atoms with E-state index in [0.717, 1.165) is 34.3 Å². The predicted molar refractivity (Wildman–Crippen MR) is 80.0 cm³/mol. The molecule has 4 heteroatoms. The number of benzene rings is 1. The van der Waals surface area contributed by atoms with Crippen molar-refractivity contribution in [3.05, 3.63) is 38.6 Å². The van der Waals surface area contributed by atoms with Crippen LogP contribution in [0.5, 0.6) is 5.75 Å². The highest BCUT2D eigenvalue weighted by Crippen LogP contribution is 2.35. The van der Waals surface area contributed by atoms with E-state index in [1.165, 1.54) is 12.8 Å². The molecule has 2 aromatic rings. The highest BCUT2D eigenvalue weighted by Gasteiger charge is 2.20. The number of pyridine rings is 1. The second kappa shape index (κ2) is 5.00. The number of halogens is 1. The smallest absolute Gasteiger partial charge is 0.190 e. The van der Waals surface area contributed by atoms with Crippen LogP contribution in [0.15, 0.2) is 27.5 Å². The van der Waals surface area contributed by atoms with Gasteiger partial charge in [-0.25, -0.2) is 0 Å². The molecule has 0 saturated heterocycles. The predicted octanol–water partition coefficient (Wildman–Crippen LogP) is 3.96. The first kappa shape index (κ1) is 12.7. The van der Waals surface area contributed by atoms with E-state index in [1.54, 1.807) is 13.2 Å². The van der Waals surface area contributed by atoms with Crippen LogP contribution in [0.1, 0.15) is 37.3 Å². The van der Waals surface area contributed by atoms with Gasteiger partial charge >= 0.3 is 0 Å². The lowest BCUT2D eigenvalue weighted by Gasteiger charge is -2.13. The molecule has 1 aromatic carbocycles. The zero-order chi connectivity index (χ0) is 13.4. The van der Waals surface area contributed by atoms with E-state index in [2.05, 4.69) is 20.9 Å². The summed E-state index contributed by atoms with van der Waals surface area (Å²) in [5, 5.41) is 0.668. The summed E-state index contributed by atoms with van der Waals surface area (Å²) in [6.07, 6.45) is 4.83. The fourth-order valence-electron chi connectivity index (χ4n) is 2.94. The molecule has 0 unspecified atom stereocenters. The highest BCUT2D eigenvalue weighted by atomic mass is 79.9. The van der Waals surface area contributed by atoms with Gasteiger partial charge in [0.1, 0.15) is 5.75 Å². The quantitative estimate of drug-likeness (QED) is 0.909. The number of H-pyrrole nitrogens is 1. The molecule has 1 heterocycles. The van der Waals surface area contributed by atoms with Gasteiger partial charge in [0, 0.05) is 16.2 Å². The first-order valence-electron chi connectivity index (χ1n) is 6.60. The van der Waals surface area contributed by atoms with Gasteiger partial charge in [-0.3, -0.25) is 4.79 Å². The van der Waals surface area contributed by atoms with E-state index in [-0.39, 0.29) is 5.43 Å². The van der Waals surface area contributed by atoms with E-state index < -0.39 is 0 Å². The monoisotopic (exact) mass is 321 g/mol. The number of ether oxygens (including phenoxy) is 1. The Morgan fingerprint density at radius 2 is 2.05 bits per heavy atom. The summed E-state index contributed by atoms with van der Waals surface area (Å²) >= 11 is 3.44. The number of nitrogens with one attached hydrogen (secondary N) is 1. The van der Waals surface area contributed by atoms with Crippen LogP contribution >= 0.6 is 15.9 Å². The lowest BCUT2D eigenvalue weighted by molar-refractivity contribution is 0.418. The van der Waals surface area contributed by atoms with E-state index in [0.29, 0.717) is 11.3 Å². The Balaban J connectivity index is 2.26. The van der Waals surface area contributed by atoms with Crippen molar-refractivity contribution < 1.29 is 4.74 Å². The zero-order valence-corrected chi connectivity index (χ0v) is 12.4. The SMILES string of the molecule is COc1ccc(Br)c2c(=O)cc(C3CCCC3)[nH]c12. The van der Waals surface area contributed by atoms with Gasteiger partial charge in [-0.05, 0) is 46.8 Å². The van der Waals surface area contributed by atoms with Crippen molar-refractivity contribution in [2.24, 2.45) is 0 Å². The molecule has 0 bridgehead atoms. The maximum atomic E-state index is 12.3. The first-order chi connectivity index (χ1) is 9.20. The largest absolute Gasteiger partial charge is 0.495 e. The average Bonchev–Trinajstić information content (AvgIpc) is 2.92. The van der Waals surface area contributed by atoms with Gasteiger partial charge in [0.05, 0.1) is 18.0 Å². The number of aromatic amines is 1. The standard InChI is InChI=1S/C15H16BrNO2/c1-19-13-7-6-10(16)14-12(18)8-11(17-15(13)14)9-4-2-3-5-9/h6-9H,2-5H2,1H3,(H,17,18). The third kappa shape index (κ3) is 2.18. The van der Waals surface area contributed by atoms with Crippen molar-refractivity contribution in [1.29, 1.82) is 0 Å².